The van der Waals surface area contributed by atoms with E-state index in [-0.39, 0.29) is 24.4 Å². The van der Waals surface area contributed by atoms with Crippen LogP contribution in [0.1, 0.15) is 55.2 Å². The van der Waals surface area contributed by atoms with Crippen LogP contribution < -0.4 is 0 Å². The first kappa shape index (κ1) is 21.7. The van der Waals surface area contributed by atoms with Crippen molar-refractivity contribution in [1.82, 2.24) is 14.4 Å². The van der Waals surface area contributed by atoms with E-state index < -0.39 is 0 Å². The van der Waals surface area contributed by atoms with Crippen LogP contribution in [-0.4, -0.2) is 45.3 Å². The zero-order valence-electron chi connectivity index (χ0n) is 17.8. The predicted molar refractivity (Wildman–Crippen MR) is 113 cm³/mol. The topological polar surface area (TPSA) is 45.6 Å². The molecule has 0 spiro atoms. The van der Waals surface area contributed by atoms with Crippen molar-refractivity contribution < 1.29 is 9.59 Å². The van der Waals surface area contributed by atoms with Gasteiger partial charge in [0.05, 0.1) is 6.54 Å². The lowest BCUT2D eigenvalue weighted by Gasteiger charge is -2.30. The highest BCUT2D eigenvalue weighted by molar-refractivity contribution is 5.96. The molecule has 2 aromatic rings. The molecule has 0 unspecified atom stereocenters. The second-order valence-corrected chi connectivity index (χ2v) is 7.67. The summed E-state index contributed by atoms with van der Waals surface area (Å²) < 4.78 is 2.03. The molecule has 0 bridgehead atoms. The second kappa shape index (κ2) is 10.1. The monoisotopic (exact) mass is 383 g/mol. The fourth-order valence-electron chi connectivity index (χ4n) is 3.09. The molecular weight excluding hydrogens is 350 g/mol. The third kappa shape index (κ3) is 5.72. The summed E-state index contributed by atoms with van der Waals surface area (Å²) in [5, 5.41) is 0. The third-order valence-corrected chi connectivity index (χ3v) is 5.03. The lowest BCUT2D eigenvalue weighted by atomic mass is 10.1. The average Bonchev–Trinajstić information content (AvgIpc) is 3.07. The quantitative estimate of drug-likeness (QED) is 0.657. The van der Waals surface area contributed by atoms with Crippen molar-refractivity contribution in [3.63, 3.8) is 0 Å². The molecule has 0 radical (unpaired) electrons. The van der Waals surface area contributed by atoms with Crippen LogP contribution in [0, 0.1) is 6.92 Å². The van der Waals surface area contributed by atoms with Crippen molar-refractivity contribution in [2.45, 2.75) is 53.1 Å². The Kier molecular flexibility index (Phi) is 7.85. The SMILES string of the molecule is CCCCN(Cc1cccn1C)C(=O)CN(C(=O)c1ccc(C)cc1)C(C)C. The number of rotatable bonds is 9. The minimum Gasteiger partial charge on any atom is -0.353 e. The molecule has 5 heteroatoms. The third-order valence-electron chi connectivity index (χ3n) is 5.03. The number of nitrogens with zero attached hydrogens (tertiary/aromatic N) is 3. The van der Waals surface area contributed by atoms with E-state index in [0.29, 0.717) is 18.7 Å². The Morgan fingerprint density at radius 1 is 1.11 bits per heavy atom. The molecule has 0 fully saturated rings. The molecule has 1 aromatic carbocycles. The molecular formula is C23H33N3O2. The van der Waals surface area contributed by atoms with E-state index in [1.807, 2.05) is 79.9 Å². The lowest BCUT2D eigenvalue weighted by Crippen LogP contribution is -2.46. The van der Waals surface area contributed by atoms with Crippen LogP contribution in [0.4, 0.5) is 0 Å². The molecule has 0 saturated carbocycles. The first-order valence-electron chi connectivity index (χ1n) is 10.1. The van der Waals surface area contributed by atoms with Gasteiger partial charge in [-0.1, -0.05) is 31.0 Å². The Bertz CT molecular complexity index is 777. The summed E-state index contributed by atoms with van der Waals surface area (Å²) in [5.74, 6) is -0.110. The van der Waals surface area contributed by atoms with Crippen molar-refractivity contribution in [2.75, 3.05) is 13.1 Å². The van der Waals surface area contributed by atoms with Crippen molar-refractivity contribution >= 4 is 11.8 Å². The molecule has 0 aliphatic rings. The standard InChI is InChI=1S/C23H33N3O2/c1-6-7-15-25(16-21-9-8-14-24(21)5)22(27)17-26(18(2)3)23(28)20-12-10-19(4)11-13-20/h8-14,18H,6-7,15-17H2,1-5H3. The van der Waals surface area contributed by atoms with Crippen molar-refractivity contribution in [2.24, 2.45) is 7.05 Å². The van der Waals surface area contributed by atoms with E-state index in [0.717, 1.165) is 24.1 Å². The van der Waals surface area contributed by atoms with Crippen molar-refractivity contribution in [3.8, 4) is 0 Å². The van der Waals surface area contributed by atoms with Crippen LogP contribution in [0.3, 0.4) is 0 Å². The van der Waals surface area contributed by atoms with E-state index in [1.54, 1.807) is 4.90 Å². The van der Waals surface area contributed by atoms with Gasteiger partial charge in [0.2, 0.25) is 5.91 Å². The fourth-order valence-corrected chi connectivity index (χ4v) is 3.09. The number of amides is 2. The van der Waals surface area contributed by atoms with Crippen LogP contribution in [0.15, 0.2) is 42.6 Å². The van der Waals surface area contributed by atoms with Crippen molar-refractivity contribution in [3.05, 3.63) is 59.4 Å². The summed E-state index contributed by atoms with van der Waals surface area (Å²) in [6.07, 6.45) is 3.95. The normalized spacial score (nSPS) is 10.9. The van der Waals surface area contributed by atoms with E-state index in [4.69, 9.17) is 0 Å². The molecule has 0 aliphatic carbocycles. The number of hydrogen-bond donors (Lipinski definition) is 0. The number of aryl methyl sites for hydroxylation is 2. The zero-order chi connectivity index (χ0) is 20.7. The van der Waals surface area contributed by atoms with E-state index in [9.17, 15) is 9.59 Å². The van der Waals surface area contributed by atoms with Gasteiger partial charge < -0.3 is 14.4 Å². The van der Waals surface area contributed by atoms with Gasteiger partial charge in [0, 0.05) is 37.1 Å². The first-order chi connectivity index (χ1) is 13.3. The average molecular weight is 384 g/mol. The number of benzene rings is 1. The Hall–Kier alpha value is -2.56. The molecule has 5 nitrogen and oxygen atoms in total. The van der Waals surface area contributed by atoms with Gasteiger partial charge in [-0.05, 0) is 51.5 Å². The summed E-state index contributed by atoms with van der Waals surface area (Å²) in [6, 6.07) is 11.5. The van der Waals surface area contributed by atoms with Gasteiger partial charge in [-0.2, -0.15) is 0 Å². The zero-order valence-corrected chi connectivity index (χ0v) is 17.8. The Labute approximate surface area is 168 Å². The van der Waals surface area contributed by atoms with Gasteiger partial charge in [-0.3, -0.25) is 9.59 Å². The summed E-state index contributed by atoms with van der Waals surface area (Å²) >= 11 is 0. The molecule has 0 saturated heterocycles. The van der Waals surface area contributed by atoms with Crippen LogP contribution in [-0.2, 0) is 18.4 Å². The summed E-state index contributed by atoms with van der Waals surface area (Å²) in [7, 11) is 1.99. The molecule has 0 N–H and O–H groups in total. The minimum atomic E-state index is -0.0994. The number of unbranched alkanes of at least 4 members (excludes halogenated alkanes) is 1. The van der Waals surface area contributed by atoms with Crippen LogP contribution >= 0.6 is 0 Å². The summed E-state index contributed by atoms with van der Waals surface area (Å²) in [6.45, 7) is 9.37. The van der Waals surface area contributed by atoms with E-state index in [2.05, 4.69) is 6.92 Å². The molecule has 28 heavy (non-hydrogen) atoms. The van der Waals surface area contributed by atoms with Gasteiger partial charge in [0.25, 0.3) is 5.91 Å². The maximum atomic E-state index is 13.1. The van der Waals surface area contributed by atoms with Crippen LogP contribution in [0.2, 0.25) is 0 Å². The van der Waals surface area contributed by atoms with Crippen LogP contribution in [0.25, 0.3) is 0 Å². The second-order valence-electron chi connectivity index (χ2n) is 7.67. The maximum absolute atomic E-state index is 13.1. The molecule has 0 aliphatic heterocycles. The number of hydrogen-bond acceptors (Lipinski definition) is 2. The molecule has 1 aromatic heterocycles. The van der Waals surface area contributed by atoms with Gasteiger partial charge in [-0.25, -0.2) is 0 Å². The highest BCUT2D eigenvalue weighted by Gasteiger charge is 2.24. The first-order valence-corrected chi connectivity index (χ1v) is 10.1. The van der Waals surface area contributed by atoms with Gasteiger partial charge >= 0.3 is 0 Å². The number of carbonyl (C=O) groups excluding carboxylic acids is 2. The molecule has 152 valence electrons. The van der Waals surface area contributed by atoms with Gasteiger partial charge in [-0.15, -0.1) is 0 Å². The Morgan fingerprint density at radius 3 is 2.32 bits per heavy atom. The number of aromatic nitrogens is 1. The predicted octanol–water partition coefficient (Wildman–Crippen LogP) is 4.01. The smallest absolute Gasteiger partial charge is 0.254 e. The number of carbonyl (C=O) groups is 2. The molecule has 0 atom stereocenters. The lowest BCUT2D eigenvalue weighted by molar-refractivity contribution is -0.133. The Morgan fingerprint density at radius 2 is 1.79 bits per heavy atom. The van der Waals surface area contributed by atoms with Crippen molar-refractivity contribution in [1.29, 1.82) is 0 Å². The Balaban J connectivity index is 2.15. The fraction of sp³-hybridized carbons (Fsp3) is 0.478. The highest BCUT2D eigenvalue weighted by atomic mass is 16.2. The maximum Gasteiger partial charge on any atom is 0.254 e. The van der Waals surface area contributed by atoms with Gasteiger partial charge in [0.1, 0.15) is 6.54 Å². The van der Waals surface area contributed by atoms with Gasteiger partial charge in [0.15, 0.2) is 0 Å². The van der Waals surface area contributed by atoms with E-state index >= 15 is 0 Å². The highest BCUT2D eigenvalue weighted by Crippen LogP contribution is 2.13. The largest absolute Gasteiger partial charge is 0.353 e. The minimum absolute atomic E-state index is 0.0104. The summed E-state index contributed by atoms with van der Waals surface area (Å²) in [5.41, 5.74) is 2.82. The van der Waals surface area contributed by atoms with E-state index in [1.165, 1.54) is 0 Å². The molecule has 1 heterocycles. The molecule has 2 amide bonds. The summed E-state index contributed by atoms with van der Waals surface area (Å²) in [4.78, 5) is 29.6. The molecule has 2 rings (SSSR count). The van der Waals surface area contributed by atoms with Crippen LogP contribution in [0.5, 0.6) is 0 Å².